The highest BCUT2D eigenvalue weighted by atomic mass is 35.5. The lowest BCUT2D eigenvalue weighted by Gasteiger charge is -2.35. The van der Waals surface area contributed by atoms with Gasteiger partial charge < -0.3 is 39.8 Å². The number of aryl methyl sites for hydroxylation is 2. The van der Waals surface area contributed by atoms with Crippen molar-refractivity contribution in [3.63, 3.8) is 0 Å². The van der Waals surface area contributed by atoms with Gasteiger partial charge in [0.05, 0.1) is 73.9 Å². The Kier molecular flexibility index (Phi) is 9.80. The summed E-state index contributed by atoms with van der Waals surface area (Å²) < 4.78 is 25.6. The maximum atomic E-state index is 5.85. The van der Waals surface area contributed by atoms with Crippen molar-refractivity contribution in [2.75, 3.05) is 62.4 Å². The van der Waals surface area contributed by atoms with Gasteiger partial charge in [0.1, 0.15) is 36.1 Å². The average molecular weight is 795 g/mol. The van der Waals surface area contributed by atoms with Gasteiger partial charge in [-0.05, 0) is 37.3 Å². The minimum atomic E-state index is 0.106. The molecule has 4 aliphatic rings. The van der Waals surface area contributed by atoms with Gasteiger partial charge in [0.15, 0.2) is 23.1 Å². The van der Waals surface area contributed by atoms with E-state index in [0.29, 0.717) is 35.5 Å². The molecular weight excluding hydrogens is 752 g/mol. The molecule has 0 amide bonds. The van der Waals surface area contributed by atoms with Crippen molar-refractivity contribution in [1.29, 1.82) is 0 Å². The molecule has 3 N–H and O–H groups in total. The number of nitrogen functional groups attached to an aromatic ring is 1. The zero-order valence-electron chi connectivity index (χ0n) is 32.5. The highest BCUT2D eigenvalue weighted by Crippen LogP contribution is 2.49. The van der Waals surface area contributed by atoms with Crippen LogP contribution in [0.15, 0.2) is 61.7 Å². The molecule has 0 radical (unpaired) electrons. The summed E-state index contributed by atoms with van der Waals surface area (Å²) in [6.45, 7) is 1.44. The number of likely N-dealkylation sites (N-methyl/N-ethyl adjacent to an activating group) is 2. The van der Waals surface area contributed by atoms with Gasteiger partial charge in [-0.25, -0.2) is 9.97 Å². The molecule has 2 aliphatic heterocycles. The summed E-state index contributed by atoms with van der Waals surface area (Å²) in [5.41, 5.74) is 10.5. The summed E-state index contributed by atoms with van der Waals surface area (Å²) >= 11 is 5.75. The van der Waals surface area contributed by atoms with Crippen LogP contribution < -0.4 is 39.8 Å². The van der Waals surface area contributed by atoms with Gasteiger partial charge in [-0.3, -0.25) is 19.3 Å². The summed E-state index contributed by atoms with van der Waals surface area (Å²) in [4.78, 5) is 30.3. The number of pyridine rings is 2. The molecule has 2 fully saturated rings. The summed E-state index contributed by atoms with van der Waals surface area (Å²) in [6.07, 6.45) is 18.6. The maximum absolute atomic E-state index is 5.85. The molecule has 0 unspecified atom stereocenters. The third kappa shape index (κ3) is 7.59. The number of nitrogens with one attached hydrogen (secondary N) is 1. The second-order valence-corrected chi connectivity index (χ2v) is 14.7. The Hall–Kier alpha value is -6.43. The third-order valence-corrected chi connectivity index (χ3v) is 10.7. The first-order valence-electron chi connectivity index (χ1n) is 18.2. The summed E-state index contributed by atoms with van der Waals surface area (Å²) in [5, 5.41) is 11.8. The Morgan fingerprint density at radius 2 is 1.21 bits per heavy atom. The number of nitrogens with two attached hydrogens (primary N) is 1. The molecule has 10 rings (SSSR count). The average Bonchev–Trinajstić information content (AvgIpc) is 4.09. The third-order valence-electron chi connectivity index (χ3n) is 10.5. The lowest BCUT2D eigenvalue weighted by molar-refractivity contribution is 0.252. The lowest BCUT2D eigenvalue weighted by atomic mass is 10.2. The molecule has 2 spiro atoms. The predicted molar refractivity (Wildman–Crippen MR) is 214 cm³/mol. The van der Waals surface area contributed by atoms with E-state index in [2.05, 4.69) is 62.3 Å². The zero-order valence-corrected chi connectivity index (χ0v) is 33.2. The number of ether oxygens (including phenoxy) is 4. The molecule has 0 aromatic carbocycles. The van der Waals surface area contributed by atoms with Crippen molar-refractivity contribution < 1.29 is 18.9 Å². The normalized spacial score (nSPS) is 16.1. The van der Waals surface area contributed by atoms with Gasteiger partial charge in [-0.15, -0.1) is 0 Å². The molecule has 8 heterocycles. The van der Waals surface area contributed by atoms with Gasteiger partial charge in [-0.1, -0.05) is 0 Å². The summed E-state index contributed by atoms with van der Waals surface area (Å²) in [5.74, 6) is 4.87. The monoisotopic (exact) mass is 794 g/mol. The second kappa shape index (κ2) is 14.9. The largest absolute Gasteiger partial charge is 0.494 e. The zero-order chi connectivity index (χ0) is 39.9. The molecule has 296 valence electrons. The summed E-state index contributed by atoms with van der Waals surface area (Å²) in [6, 6.07) is 3.62. The Bertz CT molecular complexity index is 2410. The molecule has 2 saturated carbocycles. The Morgan fingerprint density at radius 3 is 1.74 bits per heavy atom. The first kappa shape index (κ1) is 37.5. The van der Waals surface area contributed by atoms with E-state index in [9.17, 15) is 0 Å². The fourth-order valence-electron chi connectivity index (χ4n) is 6.70. The van der Waals surface area contributed by atoms with Crippen LogP contribution >= 0.6 is 11.6 Å². The van der Waals surface area contributed by atoms with Gasteiger partial charge in [0, 0.05) is 63.8 Å². The number of hydrogen-bond donors (Lipinski definition) is 2. The van der Waals surface area contributed by atoms with E-state index in [1.165, 1.54) is 12.8 Å². The van der Waals surface area contributed by atoms with Gasteiger partial charge in [-0.2, -0.15) is 20.2 Å². The highest BCUT2D eigenvalue weighted by molar-refractivity contribution is 6.28. The number of rotatable bonds is 6. The van der Waals surface area contributed by atoms with Crippen LogP contribution in [0, 0.1) is 0 Å². The number of fused-ring (bicyclic) bond motifs is 2. The van der Waals surface area contributed by atoms with Crippen LogP contribution in [0.5, 0.6) is 23.0 Å². The fourth-order valence-corrected chi connectivity index (χ4v) is 6.82. The van der Waals surface area contributed by atoms with Crippen molar-refractivity contribution in [3.8, 4) is 45.5 Å². The quantitative estimate of drug-likeness (QED) is 0.215. The Morgan fingerprint density at radius 1 is 0.684 bits per heavy atom. The molecule has 2 aliphatic carbocycles. The van der Waals surface area contributed by atoms with E-state index in [-0.39, 0.29) is 16.4 Å². The first-order chi connectivity index (χ1) is 27.5. The van der Waals surface area contributed by atoms with Crippen LogP contribution in [0.4, 0.5) is 29.0 Å². The van der Waals surface area contributed by atoms with Crippen molar-refractivity contribution in [2.45, 2.75) is 36.8 Å². The van der Waals surface area contributed by atoms with Crippen LogP contribution in [0.25, 0.3) is 22.5 Å². The van der Waals surface area contributed by atoms with E-state index in [4.69, 9.17) is 36.3 Å². The SMILES string of the molecule is CN1c2nc(Cl)ncc2OCC12CC2.COc1cc(N)cnc1-c1cnn(C)c1.COc1cc(Nc2ncc3c(n2)N(C)C2(CC2)CO3)cnc1-c1cnn(C)c1. The predicted octanol–water partition coefficient (Wildman–Crippen LogP) is 4.95. The van der Waals surface area contributed by atoms with Crippen LogP contribution in [-0.4, -0.2) is 102 Å². The smallest absolute Gasteiger partial charge is 0.229 e. The van der Waals surface area contributed by atoms with Gasteiger partial charge in [0.25, 0.3) is 0 Å². The molecule has 18 nitrogen and oxygen atoms in total. The molecular formula is C38H43ClN14O4. The van der Waals surface area contributed by atoms with Crippen molar-refractivity contribution in [3.05, 3.63) is 67.0 Å². The molecule has 19 heteroatoms. The van der Waals surface area contributed by atoms with Crippen molar-refractivity contribution in [2.24, 2.45) is 14.1 Å². The number of halogens is 1. The maximum Gasteiger partial charge on any atom is 0.229 e. The number of methoxy groups -OCH3 is 2. The van der Waals surface area contributed by atoms with E-state index >= 15 is 0 Å². The van der Waals surface area contributed by atoms with Crippen LogP contribution in [0.3, 0.4) is 0 Å². The number of hydrogen-bond acceptors (Lipinski definition) is 16. The fraction of sp³-hybridized carbons (Fsp3) is 0.368. The first-order valence-corrected chi connectivity index (χ1v) is 18.6. The van der Waals surface area contributed by atoms with E-state index in [1.807, 2.05) is 39.6 Å². The van der Waals surface area contributed by atoms with E-state index in [0.717, 1.165) is 65.0 Å². The Labute approximate surface area is 334 Å². The van der Waals surface area contributed by atoms with Crippen molar-refractivity contribution >= 4 is 40.6 Å². The van der Waals surface area contributed by atoms with Crippen LogP contribution in [-0.2, 0) is 14.1 Å². The second-order valence-electron chi connectivity index (χ2n) is 14.4. The Balaban J connectivity index is 0.000000132. The topological polar surface area (TPSA) is 194 Å². The molecule has 0 saturated heterocycles. The van der Waals surface area contributed by atoms with E-state index < -0.39 is 0 Å². The van der Waals surface area contributed by atoms with Crippen LogP contribution in [0.2, 0.25) is 5.28 Å². The minimum absolute atomic E-state index is 0.106. The molecule has 0 atom stereocenters. The minimum Gasteiger partial charge on any atom is -0.494 e. The van der Waals surface area contributed by atoms with Crippen LogP contribution in [0.1, 0.15) is 25.7 Å². The molecule has 0 bridgehead atoms. The van der Waals surface area contributed by atoms with Gasteiger partial charge in [0.2, 0.25) is 11.2 Å². The van der Waals surface area contributed by atoms with E-state index in [1.54, 1.807) is 66.8 Å². The molecule has 6 aromatic heterocycles. The molecule has 57 heavy (non-hydrogen) atoms. The molecule has 6 aromatic rings. The standard InChI is InChI=1S/C19H21N7O2.C10H12N4O.C9H10ClN3O/c1-25-10-12(7-22-25)16-14(27-3)6-13(8-20-16)23-18-21-9-15-17(24-18)26(2)19(4-5-19)11-28-15;1-14-6-7(4-13-14)10-9(15-2)3-8(11)5-12-10;1-13-7-6(4-11-8(10)12-7)14-5-9(13)2-3-9/h6-10H,4-5,11H2,1-3H3,(H,21,23,24);3-6H,11H2,1-2H3;4H,2-3,5H2,1H3. The number of anilines is 5. The summed E-state index contributed by atoms with van der Waals surface area (Å²) in [7, 11) is 11.0. The number of aromatic nitrogens is 10. The highest BCUT2D eigenvalue weighted by Gasteiger charge is 2.52. The van der Waals surface area contributed by atoms with Crippen molar-refractivity contribution in [1.82, 2.24) is 49.5 Å². The number of nitrogens with zero attached hydrogens (tertiary/aromatic N) is 12. The lowest BCUT2D eigenvalue weighted by Crippen LogP contribution is -2.43. The van der Waals surface area contributed by atoms with Gasteiger partial charge >= 0.3 is 0 Å².